The number of carbonyl (C=O) groups excluding carboxylic acids is 2. The van der Waals surface area contributed by atoms with Crippen LogP contribution in [0, 0.1) is 28.6 Å². The fourth-order valence-corrected chi connectivity index (χ4v) is 5.93. The highest BCUT2D eigenvalue weighted by atomic mass is 16.5. The first-order valence-corrected chi connectivity index (χ1v) is 9.29. The lowest BCUT2D eigenvalue weighted by atomic mass is 9.50. The third-order valence-electron chi connectivity index (χ3n) is 7.17. The van der Waals surface area contributed by atoms with Crippen molar-refractivity contribution in [1.82, 2.24) is 0 Å². The lowest BCUT2D eigenvalue weighted by Crippen LogP contribution is -2.54. The molecule has 3 rings (SSSR count). The predicted octanol–water partition coefficient (Wildman–Crippen LogP) is 4.18. The molecule has 130 valence electrons. The van der Waals surface area contributed by atoms with E-state index < -0.39 is 5.41 Å². The molecule has 3 heteroatoms. The van der Waals surface area contributed by atoms with Crippen molar-refractivity contribution < 1.29 is 14.3 Å². The van der Waals surface area contributed by atoms with E-state index in [4.69, 9.17) is 4.74 Å². The van der Waals surface area contributed by atoms with Crippen LogP contribution in [0.3, 0.4) is 0 Å². The molecule has 3 aliphatic rings. The average Bonchev–Trinajstić information content (AvgIpc) is 2.78. The summed E-state index contributed by atoms with van der Waals surface area (Å²) in [4.78, 5) is 24.1. The summed E-state index contributed by atoms with van der Waals surface area (Å²) in [5, 5.41) is 0. The van der Waals surface area contributed by atoms with Gasteiger partial charge in [0.2, 0.25) is 0 Å². The number of rotatable bonds is 2. The van der Waals surface area contributed by atoms with Crippen molar-refractivity contribution in [2.24, 2.45) is 28.6 Å². The van der Waals surface area contributed by atoms with Gasteiger partial charge < -0.3 is 9.53 Å². The van der Waals surface area contributed by atoms with Crippen molar-refractivity contribution >= 4 is 12.1 Å². The number of hydrogen-bond donors (Lipinski definition) is 0. The molecule has 3 nitrogen and oxygen atoms in total. The van der Waals surface area contributed by atoms with Gasteiger partial charge in [-0.1, -0.05) is 6.92 Å². The number of carbonyl (C=O) groups is 2. The maximum Gasteiger partial charge on any atom is 0.146 e. The normalized spacial score (nSPS) is 47.1. The zero-order chi connectivity index (χ0) is 17.0. The summed E-state index contributed by atoms with van der Waals surface area (Å²) < 4.78 is 6.41. The van der Waals surface area contributed by atoms with E-state index in [0.717, 1.165) is 32.0 Å². The second kappa shape index (κ2) is 5.40. The van der Waals surface area contributed by atoms with Crippen molar-refractivity contribution in [3.8, 4) is 0 Å². The molecule has 3 aliphatic carbocycles. The topological polar surface area (TPSA) is 43.4 Å². The largest absolute Gasteiger partial charge is 0.372 e. The Morgan fingerprint density at radius 2 is 1.78 bits per heavy atom. The number of aldehydes is 1. The molecule has 0 saturated heterocycles. The molecule has 0 aliphatic heterocycles. The Morgan fingerprint density at radius 3 is 2.39 bits per heavy atom. The Morgan fingerprint density at radius 1 is 1.09 bits per heavy atom. The summed E-state index contributed by atoms with van der Waals surface area (Å²) in [7, 11) is 0. The van der Waals surface area contributed by atoms with Crippen LogP contribution in [0.1, 0.15) is 73.1 Å². The van der Waals surface area contributed by atoms with E-state index >= 15 is 0 Å². The van der Waals surface area contributed by atoms with Crippen LogP contribution in [-0.4, -0.2) is 23.8 Å². The Balaban J connectivity index is 1.86. The van der Waals surface area contributed by atoms with E-state index in [9.17, 15) is 9.59 Å². The van der Waals surface area contributed by atoms with E-state index in [0.29, 0.717) is 24.4 Å². The van der Waals surface area contributed by atoms with Gasteiger partial charge in [0.1, 0.15) is 12.1 Å². The number of ether oxygens (including phenoxy) is 1. The highest BCUT2D eigenvalue weighted by Crippen LogP contribution is 2.62. The van der Waals surface area contributed by atoms with Crippen molar-refractivity contribution in [2.45, 2.75) is 84.8 Å². The molecule has 0 spiro atoms. The standard InChI is InChI=1S/C20H32O3/c1-18(2,3)23-17-9-7-14-13-6-8-16(22)20(5,12-21)15(13)10-11-19(14,17)4/h12-15,17H,6-11H2,1-5H3/t13?,14?,15?,17-,19-,20+/m0/s1. The summed E-state index contributed by atoms with van der Waals surface area (Å²) in [6.45, 7) is 10.7. The van der Waals surface area contributed by atoms with E-state index in [1.54, 1.807) is 0 Å². The van der Waals surface area contributed by atoms with Gasteiger partial charge >= 0.3 is 0 Å². The van der Waals surface area contributed by atoms with Gasteiger partial charge in [-0.25, -0.2) is 0 Å². The van der Waals surface area contributed by atoms with Gasteiger partial charge in [-0.2, -0.15) is 0 Å². The van der Waals surface area contributed by atoms with E-state index in [1.165, 1.54) is 6.42 Å². The minimum Gasteiger partial charge on any atom is -0.372 e. The monoisotopic (exact) mass is 320 g/mol. The SMILES string of the molecule is CC(C)(C)O[C@H]1CCC2C3CCC(=O)[C@](C)(C=O)C3CC[C@@]21C. The maximum atomic E-state index is 12.4. The van der Waals surface area contributed by atoms with Crippen LogP contribution >= 0.6 is 0 Å². The maximum absolute atomic E-state index is 12.4. The van der Waals surface area contributed by atoms with Crippen molar-refractivity contribution in [2.75, 3.05) is 0 Å². The summed E-state index contributed by atoms with van der Waals surface area (Å²) in [6, 6.07) is 0. The lowest BCUT2D eigenvalue weighted by molar-refractivity contribution is -0.158. The predicted molar refractivity (Wildman–Crippen MR) is 90.1 cm³/mol. The van der Waals surface area contributed by atoms with E-state index in [2.05, 4.69) is 27.7 Å². The third-order valence-corrected chi connectivity index (χ3v) is 7.17. The highest BCUT2D eigenvalue weighted by Gasteiger charge is 2.60. The van der Waals surface area contributed by atoms with Crippen LogP contribution in [-0.2, 0) is 14.3 Å². The molecule has 0 aromatic rings. The number of ketones is 1. The molecule has 3 unspecified atom stereocenters. The summed E-state index contributed by atoms with van der Waals surface area (Å²) >= 11 is 0. The molecule has 0 amide bonds. The second-order valence-corrected chi connectivity index (χ2v) is 9.58. The van der Waals surface area contributed by atoms with Crippen LogP contribution in [0.15, 0.2) is 0 Å². The van der Waals surface area contributed by atoms with Crippen molar-refractivity contribution in [1.29, 1.82) is 0 Å². The molecule has 0 N–H and O–H groups in total. The summed E-state index contributed by atoms with van der Waals surface area (Å²) in [5.74, 6) is 1.52. The fourth-order valence-electron chi connectivity index (χ4n) is 5.93. The van der Waals surface area contributed by atoms with Crippen molar-refractivity contribution in [3.63, 3.8) is 0 Å². The Kier molecular flexibility index (Phi) is 4.03. The van der Waals surface area contributed by atoms with Crippen LogP contribution in [0.2, 0.25) is 0 Å². The molecule has 0 aromatic carbocycles. The lowest BCUT2D eigenvalue weighted by Gasteiger charge is -2.54. The highest BCUT2D eigenvalue weighted by molar-refractivity contribution is 5.98. The molecule has 0 radical (unpaired) electrons. The Bertz CT molecular complexity index is 506. The molecule has 0 heterocycles. The molecule has 0 bridgehead atoms. The number of Topliss-reactive ketones (excluding diaryl/α,β-unsaturated/α-hetero) is 1. The van der Waals surface area contributed by atoms with Crippen LogP contribution < -0.4 is 0 Å². The second-order valence-electron chi connectivity index (χ2n) is 9.58. The number of fused-ring (bicyclic) bond motifs is 3. The third kappa shape index (κ3) is 2.59. The molecule has 6 atom stereocenters. The van der Waals surface area contributed by atoms with Crippen LogP contribution in [0.5, 0.6) is 0 Å². The van der Waals surface area contributed by atoms with Gasteiger partial charge in [0, 0.05) is 6.42 Å². The van der Waals surface area contributed by atoms with Crippen molar-refractivity contribution in [3.05, 3.63) is 0 Å². The Hall–Kier alpha value is -0.700. The van der Waals surface area contributed by atoms with E-state index in [-0.39, 0.29) is 22.7 Å². The zero-order valence-corrected chi connectivity index (χ0v) is 15.4. The molecular formula is C20H32O3. The van der Waals surface area contributed by atoms with E-state index in [1.807, 2.05) is 6.92 Å². The molecular weight excluding hydrogens is 288 g/mol. The zero-order valence-electron chi connectivity index (χ0n) is 15.4. The molecule has 3 saturated carbocycles. The Labute approximate surface area is 140 Å². The van der Waals surface area contributed by atoms with Gasteiger partial charge in [0.05, 0.1) is 17.1 Å². The number of hydrogen-bond acceptors (Lipinski definition) is 3. The molecule has 23 heavy (non-hydrogen) atoms. The fraction of sp³-hybridized carbons (Fsp3) is 0.900. The summed E-state index contributed by atoms with van der Waals surface area (Å²) in [5.41, 5.74) is -0.648. The van der Waals surface area contributed by atoms with Gasteiger partial charge in [0.15, 0.2) is 0 Å². The minimum atomic E-state index is -0.743. The van der Waals surface area contributed by atoms with Crippen LogP contribution in [0.25, 0.3) is 0 Å². The smallest absolute Gasteiger partial charge is 0.146 e. The quantitative estimate of drug-likeness (QED) is 0.566. The van der Waals surface area contributed by atoms with Gasteiger partial charge in [-0.15, -0.1) is 0 Å². The van der Waals surface area contributed by atoms with Gasteiger partial charge in [0.25, 0.3) is 0 Å². The van der Waals surface area contributed by atoms with Crippen LogP contribution in [0.4, 0.5) is 0 Å². The first-order chi connectivity index (χ1) is 10.6. The molecule has 3 fully saturated rings. The first-order valence-electron chi connectivity index (χ1n) is 9.29. The first kappa shape index (κ1) is 17.1. The molecule has 0 aromatic heterocycles. The summed E-state index contributed by atoms with van der Waals surface area (Å²) in [6.07, 6.45) is 7.18. The minimum absolute atomic E-state index is 0.112. The van der Waals surface area contributed by atoms with Gasteiger partial charge in [-0.05, 0) is 83.0 Å². The van der Waals surface area contributed by atoms with Gasteiger partial charge in [-0.3, -0.25) is 4.79 Å². The average molecular weight is 320 g/mol.